The van der Waals surface area contributed by atoms with E-state index in [0.29, 0.717) is 19.4 Å². The third kappa shape index (κ3) is 4.16. The van der Waals surface area contributed by atoms with Crippen molar-refractivity contribution in [1.29, 1.82) is 0 Å². The topological polar surface area (TPSA) is 130 Å². The van der Waals surface area contributed by atoms with E-state index in [9.17, 15) is 29.6 Å². The molecule has 26 heavy (non-hydrogen) atoms. The zero-order valence-electron chi connectivity index (χ0n) is 14.6. The van der Waals surface area contributed by atoms with Crippen LogP contribution in [-0.2, 0) is 9.59 Å². The summed E-state index contributed by atoms with van der Waals surface area (Å²) < 4.78 is 0. The van der Waals surface area contributed by atoms with E-state index in [-0.39, 0.29) is 23.7 Å². The Morgan fingerprint density at radius 2 is 2.08 bits per heavy atom. The molecule has 1 aromatic rings. The molecule has 140 valence electrons. The van der Waals surface area contributed by atoms with Gasteiger partial charge >= 0.3 is 5.97 Å². The second kappa shape index (κ2) is 7.51. The van der Waals surface area contributed by atoms with Gasteiger partial charge < -0.3 is 15.3 Å². The minimum absolute atomic E-state index is 0.0767. The third-order valence-corrected chi connectivity index (χ3v) is 4.56. The number of nitrogens with one attached hydrogen (secondary N) is 1. The van der Waals surface area contributed by atoms with Crippen molar-refractivity contribution in [1.82, 2.24) is 10.2 Å². The SMILES string of the molecule is CC(NC(=O)c1cccc([N+](=O)[O-])c1)C(=O)N1CCCC(C)(C(=O)O)C1. The number of aliphatic carboxylic acids is 1. The maximum absolute atomic E-state index is 12.6. The van der Waals surface area contributed by atoms with Crippen LogP contribution in [-0.4, -0.2) is 51.8 Å². The van der Waals surface area contributed by atoms with Crippen LogP contribution in [0.5, 0.6) is 0 Å². The van der Waals surface area contributed by atoms with Gasteiger partial charge in [-0.1, -0.05) is 6.07 Å². The summed E-state index contributed by atoms with van der Waals surface area (Å²) in [5, 5.41) is 22.6. The van der Waals surface area contributed by atoms with Crippen molar-refractivity contribution in [2.75, 3.05) is 13.1 Å². The number of non-ortho nitro benzene ring substituents is 1. The number of carboxylic acid groups (broad SMARTS) is 1. The van der Waals surface area contributed by atoms with E-state index < -0.39 is 28.3 Å². The first-order valence-corrected chi connectivity index (χ1v) is 8.21. The molecule has 1 fully saturated rings. The van der Waals surface area contributed by atoms with Gasteiger partial charge in [0.1, 0.15) is 6.04 Å². The van der Waals surface area contributed by atoms with Gasteiger partial charge in [-0.15, -0.1) is 0 Å². The van der Waals surface area contributed by atoms with Crippen molar-refractivity contribution in [2.24, 2.45) is 5.41 Å². The molecule has 0 spiro atoms. The maximum atomic E-state index is 12.6. The van der Waals surface area contributed by atoms with E-state index >= 15 is 0 Å². The van der Waals surface area contributed by atoms with Crippen molar-refractivity contribution in [2.45, 2.75) is 32.7 Å². The fourth-order valence-corrected chi connectivity index (χ4v) is 2.98. The molecule has 1 aliphatic heterocycles. The summed E-state index contributed by atoms with van der Waals surface area (Å²) in [6, 6.07) is 4.34. The fourth-order valence-electron chi connectivity index (χ4n) is 2.98. The van der Waals surface area contributed by atoms with E-state index in [4.69, 9.17) is 0 Å². The molecule has 0 saturated carbocycles. The monoisotopic (exact) mass is 363 g/mol. The molecule has 0 aliphatic carbocycles. The highest BCUT2D eigenvalue weighted by Crippen LogP contribution is 2.30. The number of benzene rings is 1. The minimum atomic E-state index is -1.00. The Kier molecular flexibility index (Phi) is 5.59. The summed E-state index contributed by atoms with van der Waals surface area (Å²) >= 11 is 0. The molecule has 0 bridgehead atoms. The number of likely N-dealkylation sites (tertiary alicyclic amines) is 1. The molecule has 2 atom stereocenters. The molecule has 2 N–H and O–H groups in total. The first-order chi connectivity index (χ1) is 12.1. The Hall–Kier alpha value is -2.97. The van der Waals surface area contributed by atoms with Crippen LogP contribution in [0.3, 0.4) is 0 Å². The lowest BCUT2D eigenvalue weighted by molar-refractivity contribution is -0.384. The number of carbonyl (C=O) groups is 3. The number of hydrogen-bond donors (Lipinski definition) is 2. The van der Waals surface area contributed by atoms with Gasteiger partial charge in [0.2, 0.25) is 5.91 Å². The maximum Gasteiger partial charge on any atom is 0.311 e. The summed E-state index contributed by atoms with van der Waals surface area (Å²) in [5.74, 6) is -1.94. The Labute approximate surface area is 150 Å². The summed E-state index contributed by atoms with van der Waals surface area (Å²) in [6.07, 6.45) is 1.06. The molecule has 0 radical (unpaired) electrons. The number of amides is 2. The summed E-state index contributed by atoms with van der Waals surface area (Å²) in [4.78, 5) is 47.8. The number of hydrogen-bond acceptors (Lipinski definition) is 5. The number of carbonyl (C=O) groups excluding carboxylic acids is 2. The van der Waals surface area contributed by atoms with Gasteiger partial charge in [0.25, 0.3) is 11.6 Å². The molecule has 1 aliphatic rings. The number of nitrogens with zero attached hydrogens (tertiary/aromatic N) is 2. The van der Waals surface area contributed by atoms with Crippen LogP contribution >= 0.6 is 0 Å². The quantitative estimate of drug-likeness (QED) is 0.601. The average Bonchev–Trinajstić information content (AvgIpc) is 2.60. The predicted molar refractivity (Wildman–Crippen MR) is 91.6 cm³/mol. The highest BCUT2D eigenvalue weighted by molar-refractivity contribution is 5.98. The van der Waals surface area contributed by atoms with Gasteiger partial charge in [0.05, 0.1) is 10.3 Å². The molecule has 2 rings (SSSR count). The summed E-state index contributed by atoms with van der Waals surface area (Å²) in [7, 11) is 0. The fraction of sp³-hybridized carbons (Fsp3) is 0.471. The van der Waals surface area contributed by atoms with E-state index in [1.54, 1.807) is 6.92 Å². The largest absolute Gasteiger partial charge is 0.481 e. The van der Waals surface area contributed by atoms with Crippen molar-refractivity contribution in [3.8, 4) is 0 Å². The lowest BCUT2D eigenvalue weighted by Crippen LogP contribution is -2.53. The van der Waals surface area contributed by atoms with Crippen molar-refractivity contribution in [3.63, 3.8) is 0 Å². The summed E-state index contributed by atoms with van der Waals surface area (Å²) in [6.45, 7) is 3.61. The second-order valence-electron chi connectivity index (χ2n) is 6.73. The van der Waals surface area contributed by atoms with Gasteiger partial charge in [0.15, 0.2) is 0 Å². The Morgan fingerprint density at radius 3 is 2.69 bits per heavy atom. The van der Waals surface area contributed by atoms with Crippen LogP contribution < -0.4 is 5.32 Å². The van der Waals surface area contributed by atoms with Crippen molar-refractivity contribution >= 4 is 23.5 Å². The molecule has 1 saturated heterocycles. The van der Waals surface area contributed by atoms with Gasteiger partial charge in [-0.2, -0.15) is 0 Å². The molecular formula is C17H21N3O6. The van der Waals surface area contributed by atoms with Crippen LogP contribution in [0.2, 0.25) is 0 Å². The van der Waals surface area contributed by atoms with Gasteiger partial charge in [-0.3, -0.25) is 24.5 Å². The zero-order valence-corrected chi connectivity index (χ0v) is 14.6. The smallest absolute Gasteiger partial charge is 0.311 e. The highest BCUT2D eigenvalue weighted by Gasteiger charge is 2.40. The lowest BCUT2D eigenvalue weighted by atomic mass is 9.82. The number of nitro groups is 1. The number of nitro benzene ring substituents is 1. The average molecular weight is 363 g/mol. The molecule has 9 heteroatoms. The summed E-state index contributed by atoms with van der Waals surface area (Å²) in [5.41, 5.74) is -1.14. The molecular weight excluding hydrogens is 342 g/mol. The molecule has 1 heterocycles. The number of carboxylic acids is 1. The molecule has 2 amide bonds. The van der Waals surface area contributed by atoms with E-state index in [1.165, 1.54) is 30.0 Å². The van der Waals surface area contributed by atoms with Gasteiger partial charge in [-0.05, 0) is 32.8 Å². The third-order valence-electron chi connectivity index (χ3n) is 4.56. The molecule has 9 nitrogen and oxygen atoms in total. The van der Waals surface area contributed by atoms with Crippen LogP contribution in [0.1, 0.15) is 37.0 Å². The minimum Gasteiger partial charge on any atom is -0.481 e. The first-order valence-electron chi connectivity index (χ1n) is 8.21. The lowest BCUT2D eigenvalue weighted by Gasteiger charge is -2.38. The molecule has 1 aromatic carbocycles. The van der Waals surface area contributed by atoms with E-state index in [1.807, 2.05) is 0 Å². The van der Waals surface area contributed by atoms with Crippen LogP contribution in [0.25, 0.3) is 0 Å². The number of rotatable bonds is 5. The van der Waals surface area contributed by atoms with Gasteiger partial charge in [0, 0.05) is 30.8 Å². The predicted octanol–water partition coefficient (Wildman–Crippen LogP) is 1.43. The highest BCUT2D eigenvalue weighted by atomic mass is 16.6. The van der Waals surface area contributed by atoms with Gasteiger partial charge in [-0.25, -0.2) is 0 Å². The Morgan fingerprint density at radius 1 is 1.38 bits per heavy atom. The Bertz CT molecular complexity index is 750. The van der Waals surface area contributed by atoms with Crippen molar-refractivity contribution < 1.29 is 24.4 Å². The van der Waals surface area contributed by atoms with E-state index in [2.05, 4.69) is 5.32 Å². The molecule has 2 unspecified atom stereocenters. The van der Waals surface area contributed by atoms with Crippen molar-refractivity contribution in [3.05, 3.63) is 39.9 Å². The number of piperidine rings is 1. The Balaban J connectivity index is 2.04. The van der Waals surface area contributed by atoms with Crippen LogP contribution in [0.4, 0.5) is 5.69 Å². The first kappa shape index (κ1) is 19.4. The normalized spacial score (nSPS) is 20.9. The standard InChI is InChI=1S/C17H21N3O6/c1-11(15(22)19-8-4-7-17(2,10-19)16(23)24)18-14(21)12-5-3-6-13(9-12)20(25)26/h3,5-6,9,11H,4,7-8,10H2,1-2H3,(H,18,21)(H,23,24). The molecule has 0 aromatic heterocycles. The van der Waals surface area contributed by atoms with E-state index in [0.717, 1.165) is 6.07 Å². The van der Waals surface area contributed by atoms with Crippen LogP contribution in [0, 0.1) is 15.5 Å². The second-order valence-corrected chi connectivity index (χ2v) is 6.73. The van der Waals surface area contributed by atoms with Crippen LogP contribution in [0.15, 0.2) is 24.3 Å². The zero-order chi connectivity index (χ0) is 19.5.